The molecule has 0 fully saturated rings. The van der Waals surface area contributed by atoms with E-state index < -0.39 is 35.7 Å². The van der Waals surface area contributed by atoms with E-state index in [1.54, 1.807) is 27.0 Å². The molecule has 0 radical (unpaired) electrons. The Hall–Kier alpha value is -3.81. The van der Waals surface area contributed by atoms with E-state index in [-0.39, 0.29) is 6.42 Å². The molecule has 33 heavy (non-hydrogen) atoms. The molecule has 0 aliphatic heterocycles. The lowest BCUT2D eigenvalue weighted by atomic mass is 10.00. The second-order valence-corrected chi connectivity index (χ2v) is 8.91. The van der Waals surface area contributed by atoms with Crippen LogP contribution >= 0.6 is 0 Å². The van der Waals surface area contributed by atoms with Gasteiger partial charge in [0.15, 0.2) is 0 Å². The van der Waals surface area contributed by atoms with Crippen LogP contribution in [0.15, 0.2) is 54.7 Å². The molecule has 0 unspecified atom stereocenters. The van der Waals surface area contributed by atoms with E-state index in [1.807, 2.05) is 48.5 Å². The van der Waals surface area contributed by atoms with Crippen molar-refractivity contribution in [3.05, 3.63) is 60.3 Å². The molecule has 2 atom stereocenters. The number of aromatic nitrogens is 1. The zero-order chi connectivity index (χ0) is 24.2. The number of amides is 2. The second-order valence-electron chi connectivity index (χ2n) is 8.91. The van der Waals surface area contributed by atoms with Crippen molar-refractivity contribution < 1.29 is 24.2 Å². The number of hydrogen-bond donors (Lipinski definition) is 4. The third-order valence-electron chi connectivity index (χ3n) is 5.04. The molecule has 0 saturated heterocycles. The molecule has 2 aromatic carbocycles. The van der Waals surface area contributed by atoms with E-state index in [0.717, 1.165) is 27.6 Å². The van der Waals surface area contributed by atoms with Crippen LogP contribution in [0.5, 0.6) is 0 Å². The lowest BCUT2D eigenvalue weighted by Crippen LogP contribution is -2.51. The summed E-state index contributed by atoms with van der Waals surface area (Å²) >= 11 is 0. The first-order chi connectivity index (χ1) is 15.5. The molecule has 0 spiro atoms. The largest absolute Gasteiger partial charge is 0.480 e. The minimum Gasteiger partial charge on any atom is -0.480 e. The van der Waals surface area contributed by atoms with Crippen LogP contribution in [0.25, 0.3) is 22.0 Å². The first-order valence-corrected chi connectivity index (χ1v) is 10.7. The molecule has 8 nitrogen and oxygen atoms in total. The first kappa shape index (κ1) is 23.8. The molecule has 174 valence electrons. The zero-order valence-corrected chi connectivity index (χ0v) is 19.1. The van der Waals surface area contributed by atoms with Crippen molar-refractivity contribution in [1.29, 1.82) is 0 Å². The van der Waals surface area contributed by atoms with Gasteiger partial charge in [-0.1, -0.05) is 36.4 Å². The summed E-state index contributed by atoms with van der Waals surface area (Å²) in [7, 11) is 0. The number of carboxylic acids is 1. The smallest absolute Gasteiger partial charge is 0.408 e. The topological polar surface area (TPSA) is 121 Å². The van der Waals surface area contributed by atoms with Gasteiger partial charge in [0, 0.05) is 23.5 Å². The Balaban J connectivity index is 1.74. The molecule has 0 aliphatic carbocycles. The molecular weight excluding hydrogens is 422 g/mol. The Morgan fingerprint density at radius 2 is 1.73 bits per heavy atom. The highest BCUT2D eigenvalue weighted by Gasteiger charge is 2.26. The summed E-state index contributed by atoms with van der Waals surface area (Å²) in [6, 6.07) is 13.7. The summed E-state index contributed by atoms with van der Waals surface area (Å²) in [6.45, 7) is 6.60. The van der Waals surface area contributed by atoms with Crippen molar-refractivity contribution in [2.24, 2.45) is 0 Å². The number of benzene rings is 2. The number of carbonyl (C=O) groups is 3. The van der Waals surface area contributed by atoms with Crippen molar-refractivity contribution in [2.45, 2.75) is 51.8 Å². The minimum atomic E-state index is -1.17. The van der Waals surface area contributed by atoms with Gasteiger partial charge in [-0.2, -0.15) is 0 Å². The summed E-state index contributed by atoms with van der Waals surface area (Å²) in [6.07, 6.45) is 1.09. The van der Waals surface area contributed by atoms with Crippen molar-refractivity contribution in [2.75, 3.05) is 0 Å². The van der Waals surface area contributed by atoms with Crippen LogP contribution in [0.3, 0.4) is 0 Å². The number of nitrogens with one attached hydrogen (secondary N) is 3. The number of ether oxygens (including phenoxy) is 1. The van der Waals surface area contributed by atoms with Gasteiger partial charge in [-0.25, -0.2) is 9.59 Å². The van der Waals surface area contributed by atoms with Gasteiger partial charge in [-0.05, 0) is 56.5 Å². The van der Waals surface area contributed by atoms with Gasteiger partial charge in [-0.15, -0.1) is 0 Å². The van der Waals surface area contributed by atoms with Crippen LogP contribution < -0.4 is 10.6 Å². The summed E-state index contributed by atoms with van der Waals surface area (Å²) in [5.41, 5.74) is 2.99. The molecule has 1 aromatic heterocycles. The molecule has 8 heteroatoms. The normalized spacial score (nSPS) is 13.2. The Labute approximate surface area is 192 Å². The standard InChI is InChI=1S/C25H29N3O5/c1-15(27-24(32)33-25(2,3)4)22(29)28-21(23(30)31)13-18-14-26-20-11-10-17(12-19(18)20)16-8-6-5-7-9-16/h5-12,14-15,21,26H,13H2,1-4H3,(H,27,32)(H,28,29)(H,30,31)/t15-,21-/m0/s1. The summed E-state index contributed by atoms with van der Waals surface area (Å²) in [4.78, 5) is 39.5. The van der Waals surface area contributed by atoms with E-state index in [4.69, 9.17) is 4.74 Å². The highest BCUT2D eigenvalue weighted by atomic mass is 16.6. The average molecular weight is 452 g/mol. The van der Waals surface area contributed by atoms with Gasteiger partial charge in [0.1, 0.15) is 17.7 Å². The molecule has 0 saturated carbocycles. The van der Waals surface area contributed by atoms with Crippen molar-refractivity contribution in [3.8, 4) is 11.1 Å². The Morgan fingerprint density at radius 3 is 2.36 bits per heavy atom. The predicted molar refractivity (Wildman–Crippen MR) is 126 cm³/mol. The Bertz CT molecular complexity index is 1150. The molecule has 0 bridgehead atoms. The first-order valence-electron chi connectivity index (χ1n) is 10.7. The van der Waals surface area contributed by atoms with Gasteiger partial charge >= 0.3 is 12.1 Å². The van der Waals surface area contributed by atoms with Gasteiger partial charge < -0.3 is 25.5 Å². The SMILES string of the molecule is C[C@H](NC(=O)OC(C)(C)C)C(=O)N[C@@H](Cc1c[nH]c2ccc(-c3ccccc3)cc12)C(=O)O. The van der Waals surface area contributed by atoms with Crippen LogP contribution in [0.2, 0.25) is 0 Å². The van der Waals surface area contributed by atoms with E-state index in [1.165, 1.54) is 6.92 Å². The van der Waals surface area contributed by atoms with E-state index in [0.29, 0.717) is 0 Å². The number of alkyl carbamates (subject to hydrolysis) is 1. The maximum absolute atomic E-state index is 12.5. The number of fused-ring (bicyclic) bond motifs is 1. The Kier molecular flexibility index (Phi) is 7.06. The number of carboxylic acid groups (broad SMARTS) is 1. The summed E-state index contributed by atoms with van der Waals surface area (Å²) in [5.74, 6) is -1.78. The molecule has 4 N–H and O–H groups in total. The highest BCUT2D eigenvalue weighted by Crippen LogP contribution is 2.27. The van der Waals surface area contributed by atoms with E-state index in [9.17, 15) is 19.5 Å². The van der Waals surface area contributed by atoms with Crippen LogP contribution in [0.1, 0.15) is 33.3 Å². The van der Waals surface area contributed by atoms with Gasteiger partial charge in [-0.3, -0.25) is 4.79 Å². The molecule has 1 heterocycles. The Morgan fingerprint density at radius 1 is 1.03 bits per heavy atom. The monoisotopic (exact) mass is 451 g/mol. The minimum absolute atomic E-state index is 0.0818. The molecule has 0 aliphatic rings. The number of aliphatic carboxylic acids is 1. The van der Waals surface area contributed by atoms with E-state index >= 15 is 0 Å². The number of hydrogen-bond acceptors (Lipinski definition) is 4. The molecule has 2 amide bonds. The van der Waals surface area contributed by atoms with Gasteiger partial charge in [0.25, 0.3) is 0 Å². The fourth-order valence-corrected chi connectivity index (χ4v) is 3.42. The molecular formula is C25H29N3O5. The maximum atomic E-state index is 12.5. The van der Waals surface area contributed by atoms with Gasteiger partial charge in [0.05, 0.1) is 0 Å². The predicted octanol–water partition coefficient (Wildman–Crippen LogP) is 3.86. The number of rotatable bonds is 7. The van der Waals surface area contributed by atoms with Crippen molar-refractivity contribution in [3.63, 3.8) is 0 Å². The number of carbonyl (C=O) groups excluding carboxylic acids is 2. The number of H-pyrrole nitrogens is 1. The van der Waals surface area contributed by atoms with E-state index in [2.05, 4.69) is 15.6 Å². The fourth-order valence-electron chi connectivity index (χ4n) is 3.42. The fraction of sp³-hybridized carbons (Fsp3) is 0.320. The average Bonchev–Trinajstić information content (AvgIpc) is 3.14. The van der Waals surface area contributed by atoms with Crippen LogP contribution in [0, 0.1) is 0 Å². The number of aromatic amines is 1. The zero-order valence-electron chi connectivity index (χ0n) is 19.1. The third kappa shape index (κ3) is 6.35. The van der Waals surface area contributed by atoms with Gasteiger partial charge in [0.2, 0.25) is 5.91 Å². The van der Waals surface area contributed by atoms with Crippen molar-refractivity contribution >= 4 is 28.9 Å². The summed E-state index contributed by atoms with van der Waals surface area (Å²) in [5, 5.41) is 15.5. The van der Waals surface area contributed by atoms with Crippen LogP contribution in [-0.4, -0.2) is 45.7 Å². The lowest BCUT2D eigenvalue weighted by molar-refractivity contribution is -0.142. The highest BCUT2D eigenvalue weighted by molar-refractivity contribution is 5.91. The second kappa shape index (κ2) is 9.77. The van der Waals surface area contributed by atoms with Crippen molar-refractivity contribution in [1.82, 2.24) is 15.6 Å². The maximum Gasteiger partial charge on any atom is 0.408 e. The summed E-state index contributed by atoms with van der Waals surface area (Å²) < 4.78 is 5.14. The molecule has 3 rings (SSSR count). The lowest BCUT2D eigenvalue weighted by Gasteiger charge is -2.22. The third-order valence-corrected chi connectivity index (χ3v) is 5.04. The van der Waals surface area contributed by atoms with Crippen LogP contribution in [0.4, 0.5) is 4.79 Å². The van der Waals surface area contributed by atoms with Crippen LogP contribution in [-0.2, 0) is 20.7 Å². The quantitative estimate of drug-likeness (QED) is 0.435. The molecule has 3 aromatic rings.